The average Bonchev–Trinajstić information content (AvgIpc) is 3.21. The van der Waals surface area contributed by atoms with Crippen molar-refractivity contribution in [2.45, 2.75) is 174 Å². The van der Waals surface area contributed by atoms with Gasteiger partial charge in [-0.1, -0.05) is 150 Å². The zero-order valence-corrected chi connectivity index (χ0v) is 38.6. The predicted molar refractivity (Wildman–Crippen MR) is 252 cm³/mol. The molecule has 0 spiro atoms. The van der Waals surface area contributed by atoms with Gasteiger partial charge in [0, 0.05) is 19.3 Å². The number of carbonyl (C=O) groups excluding carboxylic acids is 2. The quantitative estimate of drug-likeness (QED) is 0.0284. The second-order valence-corrected chi connectivity index (χ2v) is 16.2. The fourth-order valence-corrected chi connectivity index (χ4v) is 6.19. The van der Waals surface area contributed by atoms with Crippen molar-refractivity contribution >= 4 is 17.9 Å². The molecular weight excluding hydrogens is 751 g/mol. The molecule has 0 aliphatic rings. The topological polar surface area (TPSA) is 99.1 Å². The van der Waals surface area contributed by atoms with Crippen LogP contribution in [0.5, 0.6) is 0 Å². The minimum atomic E-state index is -0.886. The highest BCUT2D eigenvalue weighted by Gasteiger charge is 2.31. The van der Waals surface area contributed by atoms with Crippen molar-refractivity contribution in [3.8, 4) is 0 Å². The number of esters is 2. The smallest absolute Gasteiger partial charge is 0.362 e. The summed E-state index contributed by atoms with van der Waals surface area (Å²) < 4.78 is 17.3. The highest BCUT2D eigenvalue weighted by Crippen LogP contribution is 2.13. The van der Waals surface area contributed by atoms with Crippen molar-refractivity contribution < 1.29 is 38.2 Å². The number of aliphatic carboxylic acids is 1. The molecule has 0 rings (SSSR count). The summed E-state index contributed by atoms with van der Waals surface area (Å²) in [7, 11) is 5.50. The van der Waals surface area contributed by atoms with Crippen molar-refractivity contribution in [3.63, 3.8) is 0 Å². The van der Waals surface area contributed by atoms with Crippen molar-refractivity contribution in [2.24, 2.45) is 0 Å². The van der Waals surface area contributed by atoms with E-state index in [0.717, 1.165) is 116 Å². The molecule has 0 aliphatic heterocycles. The summed E-state index contributed by atoms with van der Waals surface area (Å²) in [5.41, 5.74) is 0. The lowest BCUT2D eigenvalue weighted by atomic mass is 10.1. The number of allylic oxidation sites excluding steroid dienone is 16. The Morgan fingerprint density at radius 1 is 0.500 bits per heavy atom. The largest absolute Gasteiger partial charge is 0.477 e. The Bertz CT molecular complexity index is 1300. The van der Waals surface area contributed by atoms with Crippen LogP contribution in [0.4, 0.5) is 0 Å². The van der Waals surface area contributed by atoms with Crippen LogP contribution in [-0.2, 0) is 28.6 Å². The standard InChI is InChI=1S/C52H85NO7/c1-6-8-10-12-14-16-18-20-22-23-24-25-26-27-28-29-31-32-34-36-38-40-42-50(54)59-47-48(46-58-45-44-49(52(56)57)53(3,4)5)60-51(55)43-41-39-37-35-33-30-21-19-17-15-13-11-9-7-2/h8-11,14-17,20-22,24-25,27-28,30,48-49H,6-7,12-13,18-19,23,26,29,31-47H2,1-5H3/p+1/b10-8+,11-9+,16-14+,17-15+,22-20+,25-24+,28-27+,30-21+. The lowest BCUT2D eigenvalue weighted by Gasteiger charge is -2.31. The lowest BCUT2D eigenvalue weighted by Crippen LogP contribution is -2.50. The number of unbranched alkanes of at least 4 members (excludes halogenated alkanes) is 10. The summed E-state index contributed by atoms with van der Waals surface area (Å²) in [6.45, 7) is 4.45. The first-order valence-electron chi connectivity index (χ1n) is 23.3. The molecule has 0 saturated heterocycles. The van der Waals surface area contributed by atoms with E-state index in [1.807, 2.05) is 21.1 Å². The molecule has 1 N–H and O–H groups in total. The highest BCUT2D eigenvalue weighted by molar-refractivity contribution is 5.72. The van der Waals surface area contributed by atoms with Gasteiger partial charge in [0.1, 0.15) is 6.61 Å². The number of nitrogens with zero attached hydrogens (tertiary/aromatic N) is 1. The van der Waals surface area contributed by atoms with Gasteiger partial charge in [0.05, 0.1) is 34.4 Å². The number of rotatable bonds is 40. The third kappa shape index (κ3) is 39.7. The number of quaternary nitrogens is 1. The highest BCUT2D eigenvalue weighted by atomic mass is 16.6. The number of hydrogen-bond donors (Lipinski definition) is 1. The number of carbonyl (C=O) groups is 3. The molecule has 2 atom stereocenters. The van der Waals surface area contributed by atoms with Crippen LogP contribution in [0.3, 0.4) is 0 Å². The Morgan fingerprint density at radius 3 is 1.30 bits per heavy atom. The van der Waals surface area contributed by atoms with Crippen LogP contribution < -0.4 is 0 Å². The van der Waals surface area contributed by atoms with Gasteiger partial charge in [-0.25, -0.2) is 4.79 Å². The van der Waals surface area contributed by atoms with Crippen molar-refractivity contribution in [1.29, 1.82) is 0 Å². The third-order valence-electron chi connectivity index (χ3n) is 9.73. The van der Waals surface area contributed by atoms with Gasteiger partial charge in [-0.05, 0) is 89.9 Å². The summed E-state index contributed by atoms with van der Waals surface area (Å²) in [5.74, 6) is -1.53. The average molecular weight is 837 g/mol. The predicted octanol–water partition coefficient (Wildman–Crippen LogP) is 13.1. The van der Waals surface area contributed by atoms with Gasteiger partial charge in [0.25, 0.3) is 0 Å². The summed E-state index contributed by atoms with van der Waals surface area (Å²) in [6, 6.07) is -0.627. The van der Waals surface area contributed by atoms with E-state index in [0.29, 0.717) is 19.3 Å². The summed E-state index contributed by atoms with van der Waals surface area (Å²) in [4.78, 5) is 37.0. The molecule has 8 nitrogen and oxygen atoms in total. The third-order valence-corrected chi connectivity index (χ3v) is 9.73. The monoisotopic (exact) mass is 837 g/mol. The Labute approximate surface area is 366 Å². The molecule has 0 radical (unpaired) electrons. The van der Waals surface area contributed by atoms with Gasteiger partial charge >= 0.3 is 17.9 Å². The minimum absolute atomic E-state index is 0.0408. The molecule has 0 aliphatic carbocycles. The van der Waals surface area contributed by atoms with Crippen molar-refractivity contribution in [3.05, 3.63) is 97.2 Å². The Balaban J connectivity index is 4.35. The van der Waals surface area contributed by atoms with E-state index in [-0.39, 0.29) is 36.2 Å². The minimum Gasteiger partial charge on any atom is -0.477 e. The fraction of sp³-hybridized carbons (Fsp3) is 0.635. The van der Waals surface area contributed by atoms with Gasteiger partial charge in [0.2, 0.25) is 0 Å². The lowest BCUT2D eigenvalue weighted by molar-refractivity contribution is -0.887. The van der Waals surface area contributed by atoms with E-state index < -0.39 is 18.1 Å². The first-order valence-corrected chi connectivity index (χ1v) is 23.3. The van der Waals surface area contributed by atoms with Gasteiger partial charge in [-0.15, -0.1) is 0 Å². The van der Waals surface area contributed by atoms with Crippen LogP contribution in [0.1, 0.15) is 162 Å². The molecule has 60 heavy (non-hydrogen) atoms. The normalized spacial score (nSPS) is 13.8. The maximum Gasteiger partial charge on any atom is 0.362 e. The second-order valence-electron chi connectivity index (χ2n) is 16.2. The van der Waals surface area contributed by atoms with Gasteiger partial charge < -0.3 is 23.8 Å². The Hall–Kier alpha value is -3.75. The van der Waals surface area contributed by atoms with Crippen LogP contribution >= 0.6 is 0 Å². The molecule has 0 fully saturated rings. The second kappa shape index (κ2) is 42.0. The summed E-state index contributed by atoms with van der Waals surface area (Å²) in [6.07, 6.45) is 55.9. The molecule has 0 aromatic carbocycles. The van der Waals surface area contributed by atoms with E-state index in [4.69, 9.17) is 14.2 Å². The Kier molecular flexibility index (Phi) is 39.3. The van der Waals surface area contributed by atoms with Gasteiger partial charge in [0.15, 0.2) is 12.1 Å². The molecule has 0 aromatic heterocycles. The molecule has 340 valence electrons. The van der Waals surface area contributed by atoms with Crippen LogP contribution in [-0.4, -0.2) is 80.6 Å². The van der Waals surface area contributed by atoms with Gasteiger partial charge in [-0.3, -0.25) is 9.59 Å². The van der Waals surface area contributed by atoms with Crippen LogP contribution in [0.2, 0.25) is 0 Å². The summed E-state index contributed by atoms with van der Waals surface area (Å²) >= 11 is 0. The molecule has 8 heteroatoms. The molecule has 0 aromatic rings. The molecule has 2 unspecified atom stereocenters. The van der Waals surface area contributed by atoms with E-state index >= 15 is 0 Å². The van der Waals surface area contributed by atoms with Crippen molar-refractivity contribution in [1.82, 2.24) is 0 Å². The van der Waals surface area contributed by atoms with E-state index in [2.05, 4.69) is 111 Å². The first-order chi connectivity index (χ1) is 29.1. The van der Waals surface area contributed by atoms with E-state index in [9.17, 15) is 19.5 Å². The van der Waals surface area contributed by atoms with Crippen LogP contribution in [0.25, 0.3) is 0 Å². The molecule has 0 heterocycles. The molecule has 0 amide bonds. The number of ether oxygens (including phenoxy) is 3. The van der Waals surface area contributed by atoms with E-state index in [1.54, 1.807) is 0 Å². The van der Waals surface area contributed by atoms with Crippen molar-refractivity contribution in [2.75, 3.05) is 41.0 Å². The van der Waals surface area contributed by atoms with Gasteiger partial charge in [-0.2, -0.15) is 0 Å². The number of hydrogen-bond acceptors (Lipinski definition) is 6. The number of carboxylic acids is 1. The maximum absolute atomic E-state index is 12.7. The zero-order chi connectivity index (χ0) is 44.2. The maximum atomic E-state index is 12.7. The fourth-order valence-electron chi connectivity index (χ4n) is 6.19. The number of likely N-dealkylation sites (N-methyl/N-ethyl adjacent to an activating group) is 1. The van der Waals surface area contributed by atoms with E-state index in [1.165, 1.54) is 12.8 Å². The molecular formula is C52H86NO7+. The summed E-state index contributed by atoms with van der Waals surface area (Å²) in [5, 5.41) is 9.63. The number of carboxylic acid groups (broad SMARTS) is 1. The molecule has 0 bridgehead atoms. The van der Waals surface area contributed by atoms with Crippen LogP contribution in [0, 0.1) is 0 Å². The Morgan fingerprint density at radius 2 is 0.883 bits per heavy atom. The van der Waals surface area contributed by atoms with Crippen LogP contribution in [0.15, 0.2) is 97.2 Å². The SMILES string of the molecule is CC/C=C/C/C=C/C/C=C/C/C=C/C/C=C/CCCCCCCCC(=O)OCC(COCCC(C(=O)O)[N+](C)(C)C)OC(=O)CCCCCC/C=C/C/C=C/C/C=C/CC. The first kappa shape index (κ1) is 56.2. The zero-order valence-electron chi connectivity index (χ0n) is 38.6. The molecule has 0 saturated carbocycles.